The molecule has 3 rings (SSSR count). The molecule has 4 nitrogen and oxygen atoms in total. The molecule has 0 fully saturated rings. The van der Waals surface area contributed by atoms with Crippen LogP contribution in [-0.2, 0) is 13.0 Å². The largest absolute Gasteiger partial charge is 0.388 e. The number of imidazole rings is 1. The molecule has 2 heterocycles. The first-order chi connectivity index (χ1) is 10.2. The molecule has 0 aliphatic heterocycles. The van der Waals surface area contributed by atoms with E-state index in [0.717, 1.165) is 35.4 Å². The van der Waals surface area contributed by atoms with Gasteiger partial charge in [0.25, 0.3) is 0 Å². The lowest BCUT2D eigenvalue weighted by Gasteiger charge is -2.09. The molecule has 0 aliphatic rings. The van der Waals surface area contributed by atoms with Crippen LogP contribution < -0.4 is 5.73 Å². The van der Waals surface area contributed by atoms with Gasteiger partial charge in [0.05, 0.1) is 16.7 Å². The first-order valence-electron chi connectivity index (χ1n) is 6.88. The van der Waals surface area contributed by atoms with Crippen LogP contribution in [0, 0.1) is 0 Å². The van der Waals surface area contributed by atoms with E-state index in [9.17, 15) is 0 Å². The number of nitrogens with two attached hydrogens (primary N) is 1. The van der Waals surface area contributed by atoms with Gasteiger partial charge in [-0.3, -0.25) is 4.98 Å². The molecule has 21 heavy (non-hydrogen) atoms. The first-order valence-corrected chi connectivity index (χ1v) is 7.28. The molecule has 0 radical (unpaired) electrons. The summed E-state index contributed by atoms with van der Waals surface area (Å²) in [4.78, 5) is 9.19. The van der Waals surface area contributed by atoms with Gasteiger partial charge >= 0.3 is 0 Å². The molecule has 0 spiro atoms. The maximum Gasteiger partial charge on any atom is 0.122 e. The van der Waals surface area contributed by atoms with Gasteiger partial charge in [0, 0.05) is 19.2 Å². The van der Waals surface area contributed by atoms with Crippen LogP contribution in [0.4, 0.5) is 0 Å². The van der Waals surface area contributed by atoms with Gasteiger partial charge < -0.3 is 10.3 Å². The van der Waals surface area contributed by atoms with Crippen molar-refractivity contribution in [3.8, 4) is 0 Å². The standard InChI is InChI=1S/C16H16N4S/c1-2-15-19-12-5-3-4-6-14(12)20(15)10-11-7-8-18-13(9-11)16(17)21/h3-9H,2,10H2,1H3,(H2,17,21). The molecule has 0 atom stereocenters. The number of aryl methyl sites for hydroxylation is 1. The van der Waals surface area contributed by atoms with Gasteiger partial charge in [-0.05, 0) is 29.8 Å². The van der Waals surface area contributed by atoms with Crippen molar-refractivity contribution in [2.45, 2.75) is 19.9 Å². The van der Waals surface area contributed by atoms with Crippen LogP contribution in [0.1, 0.15) is 24.0 Å². The summed E-state index contributed by atoms with van der Waals surface area (Å²) in [7, 11) is 0. The number of para-hydroxylation sites is 2. The van der Waals surface area contributed by atoms with E-state index in [2.05, 4.69) is 27.5 Å². The Labute approximate surface area is 128 Å². The molecule has 0 amide bonds. The Kier molecular flexibility index (Phi) is 3.66. The van der Waals surface area contributed by atoms with Crippen LogP contribution in [-0.4, -0.2) is 19.5 Å². The zero-order chi connectivity index (χ0) is 14.8. The summed E-state index contributed by atoms with van der Waals surface area (Å²) in [6.07, 6.45) is 2.64. The van der Waals surface area contributed by atoms with E-state index in [4.69, 9.17) is 18.0 Å². The number of aromatic nitrogens is 3. The second kappa shape index (κ2) is 5.61. The smallest absolute Gasteiger partial charge is 0.122 e. The van der Waals surface area contributed by atoms with Gasteiger partial charge in [-0.1, -0.05) is 31.3 Å². The summed E-state index contributed by atoms with van der Waals surface area (Å²) in [5.74, 6) is 1.07. The Balaban J connectivity index is 2.05. The monoisotopic (exact) mass is 296 g/mol. The number of thiocarbonyl (C=S) groups is 1. The third-order valence-electron chi connectivity index (χ3n) is 3.47. The van der Waals surface area contributed by atoms with E-state index < -0.39 is 0 Å². The quantitative estimate of drug-likeness (QED) is 0.752. The van der Waals surface area contributed by atoms with Crippen LogP contribution in [0.2, 0.25) is 0 Å². The first kappa shape index (κ1) is 13.7. The highest BCUT2D eigenvalue weighted by Gasteiger charge is 2.10. The van der Waals surface area contributed by atoms with E-state index in [-0.39, 0.29) is 0 Å². The fourth-order valence-electron chi connectivity index (χ4n) is 2.46. The van der Waals surface area contributed by atoms with Gasteiger partial charge in [0.15, 0.2) is 0 Å². The predicted octanol–water partition coefficient (Wildman–Crippen LogP) is 2.68. The number of nitrogens with zero attached hydrogens (tertiary/aromatic N) is 3. The Morgan fingerprint density at radius 2 is 2.10 bits per heavy atom. The summed E-state index contributed by atoms with van der Waals surface area (Å²) >= 11 is 4.99. The van der Waals surface area contributed by atoms with Crippen molar-refractivity contribution >= 4 is 28.2 Å². The predicted molar refractivity (Wildman–Crippen MR) is 88.3 cm³/mol. The summed E-state index contributed by atoms with van der Waals surface area (Å²) in [6.45, 7) is 2.85. The second-order valence-corrected chi connectivity index (χ2v) is 5.31. The average molecular weight is 296 g/mol. The van der Waals surface area contributed by atoms with E-state index in [1.807, 2.05) is 30.3 Å². The van der Waals surface area contributed by atoms with Crippen molar-refractivity contribution in [3.05, 3.63) is 59.7 Å². The minimum atomic E-state index is 0.322. The molecule has 1 aromatic carbocycles. The lowest BCUT2D eigenvalue weighted by molar-refractivity contribution is 0.752. The zero-order valence-electron chi connectivity index (χ0n) is 11.8. The molecule has 0 saturated carbocycles. The highest BCUT2D eigenvalue weighted by Crippen LogP contribution is 2.18. The lowest BCUT2D eigenvalue weighted by atomic mass is 10.2. The zero-order valence-corrected chi connectivity index (χ0v) is 12.6. The fraction of sp³-hybridized carbons (Fsp3) is 0.188. The van der Waals surface area contributed by atoms with Crippen molar-refractivity contribution in [2.24, 2.45) is 5.73 Å². The van der Waals surface area contributed by atoms with Gasteiger partial charge in [-0.2, -0.15) is 0 Å². The Morgan fingerprint density at radius 3 is 2.86 bits per heavy atom. The summed E-state index contributed by atoms with van der Waals surface area (Å²) in [6, 6.07) is 12.1. The van der Waals surface area contributed by atoms with Crippen LogP contribution in [0.15, 0.2) is 42.6 Å². The maximum absolute atomic E-state index is 5.65. The maximum atomic E-state index is 5.65. The van der Waals surface area contributed by atoms with E-state index >= 15 is 0 Å². The minimum Gasteiger partial charge on any atom is -0.388 e. The molecule has 2 aromatic heterocycles. The number of fused-ring (bicyclic) bond motifs is 1. The number of benzene rings is 1. The molecule has 5 heteroatoms. The molecule has 0 unspecified atom stereocenters. The summed E-state index contributed by atoms with van der Waals surface area (Å²) in [5, 5.41) is 0. The van der Waals surface area contributed by atoms with Crippen LogP contribution >= 0.6 is 12.2 Å². The summed E-state index contributed by atoms with van der Waals surface area (Å²) < 4.78 is 2.23. The summed E-state index contributed by atoms with van der Waals surface area (Å²) in [5.41, 5.74) is 9.59. The third-order valence-corrected chi connectivity index (χ3v) is 3.68. The second-order valence-electron chi connectivity index (χ2n) is 4.87. The van der Waals surface area contributed by atoms with Gasteiger partial charge in [-0.25, -0.2) is 4.98 Å². The average Bonchev–Trinajstić information content (AvgIpc) is 2.86. The van der Waals surface area contributed by atoms with Crippen molar-refractivity contribution < 1.29 is 0 Å². The third kappa shape index (κ3) is 2.64. The van der Waals surface area contributed by atoms with Gasteiger partial charge in [-0.15, -0.1) is 0 Å². The van der Waals surface area contributed by atoms with Crippen molar-refractivity contribution in [1.82, 2.24) is 14.5 Å². The van der Waals surface area contributed by atoms with E-state index in [1.165, 1.54) is 0 Å². The molecule has 3 aromatic rings. The van der Waals surface area contributed by atoms with E-state index in [1.54, 1.807) is 6.20 Å². The van der Waals surface area contributed by atoms with Crippen LogP contribution in [0.5, 0.6) is 0 Å². The van der Waals surface area contributed by atoms with Gasteiger partial charge in [0.1, 0.15) is 10.8 Å². The molecular weight excluding hydrogens is 280 g/mol. The number of hydrogen-bond acceptors (Lipinski definition) is 3. The van der Waals surface area contributed by atoms with Crippen LogP contribution in [0.25, 0.3) is 11.0 Å². The highest BCUT2D eigenvalue weighted by atomic mass is 32.1. The lowest BCUT2D eigenvalue weighted by Crippen LogP contribution is -2.12. The molecular formula is C16H16N4S. The molecule has 0 saturated heterocycles. The number of pyridine rings is 1. The molecule has 2 N–H and O–H groups in total. The molecule has 106 valence electrons. The molecule has 0 aliphatic carbocycles. The molecule has 0 bridgehead atoms. The van der Waals surface area contributed by atoms with Crippen molar-refractivity contribution in [3.63, 3.8) is 0 Å². The SMILES string of the molecule is CCc1nc2ccccc2n1Cc1ccnc(C(N)=S)c1. The van der Waals surface area contributed by atoms with Crippen molar-refractivity contribution in [2.75, 3.05) is 0 Å². The Morgan fingerprint density at radius 1 is 1.29 bits per heavy atom. The van der Waals surface area contributed by atoms with Crippen molar-refractivity contribution in [1.29, 1.82) is 0 Å². The minimum absolute atomic E-state index is 0.322. The Bertz CT molecular complexity index is 807. The van der Waals surface area contributed by atoms with Gasteiger partial charge in [0.2, 0.25) is 0 Å². The highest BCUT2D eigenvalue weighted by molar-refractivity contribution is 7.80. The Hall–Kier alpha value is -2.27. The fourth-order valence-corrected chi connectivity index (χ4v) is 2.57. The topological polar surface area (TPSA) is 56.7 Å². The van der Waals surface area contributed by atoms with Crippen LogP contribution in [0.3, 0.4) is 0 Å². The normalized spacial score (nSPS) is 10.9. The number of rotatable bonds is 4. The van der Waals surface area contributed by atoms with E-state index in [0.29, 0.717) is 10.7 Å². The number of hydrogen-bond donors (Lipinski definition) is 1.